The minimum Gasteiger partial charge on any atom is -0.433 e. The highest BCUT2D eigenvalue weighted by Gasteiger charge is 2.11. The Kier molecular flexibility index (Phi) is 6.28. The monoisotopic (exact) mass is 361 g/mol. The third kappa shape index (κ3) is 5.32. The van der Waals surface area contributed by atoms with Crippen molar-refractivity contribution in [3.8, 4) is 5.75 Å². The predicted molar refractivity (Wildman–Crippen MR) is 101 cm³/mol. The Morgan fingerprint density at radius 2 is 1.79 bits per heavy atom. The van der Waals surface area contributed by atoms with Crippen LogP contribution in [0.5, 0.6) is 5.75 Å². The van der Waals surface area contributed by atoms with Gasteiger partial charge in [-0.1, -0.05) is 30.4 Å². The summed E-state index contributed by atoms with van der Waals surface area (Å²) < 4.78 is 6.37. The number of thiocarbonyl (C=S) groups is 1. The highest BCUT2D eigenvalue weighted by Crippen LogP contribution is 2.23. The van der Waals surface area contributed by atoms with Gasteiger partial charge in [0.25, 0.3) is 10.9 Å². The van der Waals surface area contributed by atoms with Crippen LogP contribution < -0.4 is 4.74 Å². The van der Waals surface area contributed by atoms with E-state index in [9.17, 15) is 10.1 Å². The molecular formula is C16H15N3O3S2. The number of ether oxygens (including phenoxy) is 1. The van der Waals surface area contributed by atoms with Crippen molar-refractivity contribution >= 4 is 44.9 Å². The van der Waals surface area contributed by atoms with Crippen LogP contribution in [-0.2, 0) is 0 Å². The van der Waals surface area contributed by atoms with Crippen molar-refractivity contribution < 1.29 is 9.66 Å². The van der Waals surface area contributed by atoms with Crippen LogP contribution in [0, 0.1) is 10.1 Å². The lowest BCUT2D eigenvalue weighted by molar-refractivity contribution is -0.384. The molecule has 0 spiro atoms. The quantitative estimate of drug-likeness (QED) is 0.268. The summed E-state index contributed by atoms with van der Waals surface area (Å²) in [5.41, 5.74) is 0.552. The summed E-state index contributed by atoms with van der Waals surface area (Å²) in [6.45, 7) is 0. The molecule has 2 aromatic carbocycles. The van der Waals surface area contributed by atoms with Crippen LogP contribution >= 0.6 is 24.0 Å². The van der Waals surface area contributed by atoms with E-state index in [-0.39, 0.29) is 5.69 Å². The lowest BCUT2D eigenvalue weighted by Gasteiger charge is -2.14. The molecule has 0 heterocycles. The number of aliphatic imine (C=N–C) groups is 1. The number of para-hydroxylation sites is 1. The number of hydrogen-bond acceptors (Lipinski definition) is 6. The number of nitrogens with zero attached hydrogens (tertiary/aromatic N) is 3. The van der Waals surface area contributed by atoms with Gasteiger partial charge in [0.1, 0.15) is 10.1 Å². The van der Waals surface area contributed by atoms with Crippen LogP contribution in [-0.4, -0.2) is 33.5 Å². The van der Waals surface area contributed by atoms with E-state index in [0.717, 1.165) is 0 Å². The van der Waals surface area contributed by atoms with E-state index in [4.69, 9.17) is 17.0 Å². The molecule has 24 heavy (non-hydrogen) atoms. The van der Waals surface area contributed by atoms with Crippen LogP contribution in [0.1, 0.15) is 0 Å². The standard InChI is InChI=1S/C16H15N3O3S2/c1-18(2)16(23)24-15(22-14-6-4-3-5-7-14)17-12-8-10-13(11-9-12)19(20)21/h3-11H,1-2H3. The van der Waals surface area contributed by atoms with Gasteiger partial charge >= 0.3 is 0 Å². The molecule has 0 saturated heterocycles. The predicted octanol–water partition coefficient (Wildman–Crippen LogP) is 4.24. The van der Waals surface area contributed by atoms with Gasteiger partial charge in [-0.3, -0.25) is 10.1 Å². The van der Waals surface area contributed by atoms with Crippen LogP contribution in [0.15, 0.2) is 59.6 Å². The van der Waals surface area contributed by atoms with Crippen molar-refractivity contribution in [3.63, 3.8) is 0 Å². The Labute approximate surface area is 149 Å². The topological polar surface area (TPSA) is 68.0 Å². The molecule has 0 aliphatic heterocycles. The number of benzene rings is 2. The summed E-state index contributed by atoms with van der Waals surface area (Å²) in [5.74, 6) is 0.632. The molecule has 8 heteroatoms. The Hall–Kier alpha value is -2.45. The molecule has 0 N–H and O–H groups in total. The zero-order valence-electron chi connectivity index (χ0n) is 13.1. The number of rotatable bonds is 3. The fourth-order valence-corrected chi connectivity index (χ4v) is 2.41. The van der Waals surface area contributed by atoms with Crippen molar-refractivity contribution in [2.75, 3.05) is 14.1 Å². The van der Waals surface area contributed by atoms with E-state index < -0.39 is 4.92 Å². The fraction of sp³-hybridized carbons (Fsp3) is 0.125. The van der Waals surface area contributed by atoms with Gasteiger partial charge in [0, 0.05) is 26.2 Å². The van der Waals surface area contributed by atoms with E-state index in [0.29, 0.717) is 21.0 Å². The molecule has 0 atom stereocenters. The third-order valence-electron chi connectivity index (χ3n) is 2.77. The number of hydrogen-bond donors (Lipinski definition) is 0. The first kappa shape index (κ1) is 17.9. The molecule has 2 rings (SSSR count). The van der Waals surface area contributed by atoms with Gasteiger partial charge in [-0.2, -0.15) is 0 Å². The van der Waals surface area contributed by atoms with Crippen molar-refractivity contribution in [2.24, 2.45) is 4.99 Å². The maximum Gasteiger partial charge on any atom is 0.269 e. The Morgan fingerprint density at radius 3 is 2.33 bits per heavy atom. The minimum absolute atomic E-state index is 0.0101. The SMILES string of the molecule is CN(C)C(=S)SC(=Nc1ccc([N+](=O)[O-])cc1)Oc1ccccc1. The van der Waals surface area contributed by atoms with Crippen molar-refractivity contribution in [3.05, 3.63) is 64.7 Å². The van der Waals surface area contributed by atoms with Gasteiger partial charge in [-0.15, -0.1) is 0 Å². The van der Waals surface area contributed by atoms with Crippen molar-refractivity contribution in [1.82, 2.24) is 4.90 Å². The minimum atomic E-state index is -0.454. The van der Waals surface area contributed by atoms with E-state index in [1.807, 2.05) is 44.4 Å². The van der Waals surface area contributed by atoms with Crippen LogP contribution in [0.4, 0.5) is 11.4 Å². The number of non-ortho nitro benzene ring substituents is 1. The van der Waals surface area contributed by atoms with Crippen molar-refractivity contribution in [2.45, 2.75) is 0 Å². The van der Waals surface area contributed by atoms with Crippen LogP contribution in [0.2, 0.25) is 0 Å². The molecule has 0 bridgehead atoms. The summed E-state index contributed by atoms with van der Waals surface area (Å²) in [6, 6.07) is 15.1. The molecule has 0 fully saturated rings. The second-order valence-corrected chi connectivity index (χ2v) is 6.41. The van der Waals surface area contributed by atoms with Gasteiger partial charge < -0.3 is 9.64 Å². The Balaban J connectivity index is 2.26. The molecule has 0 aliphatic carbocycles. The van der Waals surface area contributed by atoms with Crippen LogP contribution in [0.25, 0.3) is 0 Å². The lowest BCUT2D eigenvalue weighted by Crippen LogP contribution is -2.19. The highest BCUT2D eigenvalue weighted by atomic mass is 32.2. The van der Waals surface area contributed by atoms with Crippen LogP contribution in [0.3, 0.4) is 0 Å². The zero-order chi connectivity index (χ0) is 17.5. The fourth-order valence-electron chi connectivity index (χ4n) is 1.58. The molecule has 2 aromatic rings. The smallest absolute Gasteiger partial charge is 0.269 e. The molecule has 6 nitrogen and oxygen atoms in total. The first-order chi connectivity index (χ1) is 11.5. The van der Waals surface area contributed by atoms with Gasteiger partial charge in [-0.25, -0.2) is 4.99 Å². The second kappa shape index (κ2) is 8.42. The molecule has 0 amide bonds. The number of thioether (sulfide) groups is 1. The van der Waals surface area contributed by atoms with Gasteiger partial charge in [0.15, 0.2) is 0 Å². The number of nitro benzene ring substituents is 1. The molecule has 0 unspecified atom stereocenters. The Bertz CT molecular complexity index is 747. The summed E-state index contributed by atoms with van der Waals surface area (Å²) in [4.78, 5) is 16.4. The van der Waals surface area contributed by atoms with Gasteiger partial charge in [0.05, 0.1) is 10.6 Å². The number of nitro groups is 1. The maximum atomic E-state index is 10.7. The van der Waals surface area contributed by atoms with E-state index in [1.165, 1.54) is 23.9 Å². The summed E-state index contributed by atoms with van der Waals surface area (Å²) in [6.07, 6.45) is 0. The second-order valence-electron chi connectivity index (χ2n) is 4.83. The zero-order valence-corrected chi connectivity index (χ0v) is 14.7. The summed E-state index contributed by atoms with van der Waals surface area (Å²) >= 11 is 6.48. The normalized spacial score (nSPS) is 11.0. The molecule has 0 radical (unpaired) electrons. The molecule has 0 saturated carbocycles. The molecule has 0 aliphatic rings. The molecule has 124 valence electrons. The highest BCUT2D eigenvalue weighted by molar-refractivity contribution is 8.32. The maximum absolute atomic E-state index is 10.7. The third-order valence-corrected chi connectivity index (χ3v) is 4.27. The van der Waals surface area contributed by atoms with E-state index >= 15 is 0 Å². The van der Waals surface area contributed by atoms with Crippen molar-refractivity contribution in [1.29, 1.82) is 0 Å². The lowest BCUT2D eigenvalue weighted by atomic mass is 10.3. The van der Waals surface area contributed by atoms with Gasteiger partial charge in [-0.05, 0) is 36.0 Å². The summed E-state index contributed by atoms with van der Waals surface area (Å²) in [5, 5.41) is 11.1. The largest absolute Gasteiger partial charge is 0.433 e. The molecule has 0 aromatic heterocycles. The average Bonchev–Trinajstić information content (AvgIpc) is 2.56. The van der Waals surface area contributed by atoms with E-state index in [2.05, 4.69) is 4.99 Å². The summed E-state index contributed by atoms with van der Waals surface area (Å²) in [7, 11) is 3.67. The Morgan fingerprint density at radius 1 is 1.17 bits per heavy atom. The first-order valence-corrected chi connectivity index (χ1v) is 8.13. The van der Waals surface area contributed by atoms with Gasteiger partial charge in [0.2, 0.25) is 0 Å². The average molecular weight is 361 g/mol. The first-order valence-electron chi connectivity index (χ1n) is 6.91. The molecular weight excluding hydrogens is 346 g/mol. The van der Waals surface area contributed by atoms with E-state index in [1.54, 1.807) is 17.0 Å².